The standard InChI is InChI=1S/C21H25N3O5S3/c1-23(2)31(25,26)17-8-6-7-16(13-17)15-30-21-22-19-14-18(9-10-20(19)29-21)32(27,28)24-11-4-3-5-12-24/h6-10,13-14H,3-5,11-12,15H2,1-2H3. The maximum atomic E-state index is 12.9. The largest absolute Gasteiger partial charge is 0.431 e. The Labute approximate surface area is 192 Å². The molecule has 0 amide bonds. The minimum atomic E-state index is -3.54. The van der Waals surface area contributed by atoms with Crippen LogP contribution in [-0.4, -0.2) is 57.6 Å². The van der Waals surface area contributed by atoms with Crippen LogP contribution in [0.25, 0.3) is 11.1 Å². The van der Waals surface area contributed by atoms with Crippen LogP contribution in [0.4, 0.5) is 0 Å². The summed E-state index contributed by atoms with van der Waals surface area (Å²) in [4.78, 5) is 4.88. The van der Waals surface area contributed by atoms with Crippen LogP contribution in [0.2, 0.25) is 0 Å². The quantitative estimate of drug-likeness (QED) is 0.462. The first-order valence-corrected chi connectivity index (χ1v) is 14.1. The molecule has 32 heavy (non-hydrogen) atoms. The summed E-state index contributed by atoms with van der Waals surface area (Å²) in [7, 11) is -4.06. The Morgan fingerprint density at radius 1 is 1.00 bits per heavy atom. The van der Waals surface area contributed by atoms with E-state index in [0.717, 1.165) is 24.8 Å². The minimum Gasteiger partial charge on any atom is -0.431 e. The highest BCUT2D eigenvalue weighted by Crippen LogP contribution is 2.29. The van der Waals surface area contributed by atoms with Crippen LogP contribution >= 0.6 is 11.8 Å². The van der Waals surface area contributed by atoms with Gasteiger partial charge in [0, 0.05) is 32.9 Å². The van der Waals surface area contributed by atoms with Crippen LogP contribution in [0.5, 0.6) is 0 Å². The van der Waals surface area contributed by atoms with Gasteiger partial charge in [-0.3, -0.25) is 0 Å². The lowest BCUT2D eigenvalue weighted by Crippen LogP contribution is -2.35. The first kappa shape index (κ1) is 23.2. The molecule has 1 aromatic heterocycles. The molecule has 1 fully saturated rings. The molecule has 3 aromatic rings. The zero-order chi connectivity index (χ0) is 22.9. The lowest BCUT2D eigenvalue weighted by atomic mass is 10.2. The van der Waals surface area contributed by atoms with Gasteiger partial charge in [0.25, 0.3) is 5.22 Å². The third-order valence-electron chi connectivity index (χ3n) is 5.33. The number of hydrogen-bond donors (Lipinski definition) is 0. The summed E-state index contributed by atoms with van der Waals surface area (Å²) < 4.78 is 59.0. The number of aromatic nitrogens is 1. The molecule has 0 spiro atoms. The molecule has 0 atom stereocenters. The topological polar surface area (TPSA) is 101 Å². The normalized spacial score (nSPS) is 16.1. The lowest BCUT2D eigenvalue weighted by Gasteiger charge is -2.25. The number of nitrogens with zero attached hydrogens (tertiary/aromatic N) is 3. The fourth-order valence-electron chi connectivity index (χ4n) is 3.51. The number of piperidine rings is 1. The van der Waals surface area contributed by atoms with Crippen molar-refractivity contribution in [1.82, 2.24) is 13.6 Å². The molecule has 0 unspecified atom stereocenters. The number of thioether (sulfide) groups is 1. The third kappa shape index (κ3) is 4.72. The molecule has 2 aromatic carbocycles. The summed E-state index contributed by atoms with van der Waals surface area (Å²) in [5.74, 6) is 0.461. The van der Waals surface area contributed by atoms with Gasteiger partial charge < -0.3 is 4.42 Å². The van der Waals surface area contributed by atoms with E-state index in [1.165, 1.54) is 34.5 Å². The fourth-order valence-corrected chi connectivity index (χ4v) is 6.81. The molecule has 172 valence electrons. The number of rotatable bonds is 7. The van der Waals surface area contributed by atoms with Gasteiger partial charge in [-0.1, -0.05) is 30.3 Å². The zero-order valence-corrected chi connectivity index (χ0v) is 20.3. The number of sulfonamides is 2. The van der Waals surface area contributed by atoms with Crippen LogP contribution in [-0.2, 0) is 25.8 Å². The first-order valence-electron chi connectivity index (χ1n) is 10.2. The van der Waals surface area contributed by atoms with E-state index >= 15 is 0 Å². The van der Waals surface area contributed by atoms with E-state index in [4.69, 9.17) is 4.42 Å². The Morgan fingerprint density at radius 2 is 1.75 bits per heavy atom. The molecule has 0 saturated carbocycles. The van der Waals surface area contributed by atoms with Crippen molar-refractivity contribution >= 4 is 42.9 Å². The van der Waals surface area contributed by atoms with E-state index in [1.54, 1.807) is 36.4 Å². The van der Waals surface area contributed by atoms with E-state index in [-0.39, 0.29) is 9.79 Å². The van der Waals surface area contributed by atoms with Crippen LogP contribution in [0.15, 0.2) is 61.9 Å². The van der Waals surface area contributed by atoms with Crippen LogP contribution < -0.4 is 0 Å². The molecule has 1 saturated heterocycles. The van der Waals surface area contributed by atoms with Crippen molar-refractivity contribution in [2.24, 2.45) is 0 Å². The van der Waals surface area contributed by atoms with Gasteiger partial charge in [0.2, 0.25) is 20.0 Å². The molecule has 1 aliphatic heterocycles. The Bertz CT molecular complexity index is 1330. The molecule has 0 radical (unpaired) electrons. The van der Waals surface area contributed by atoms with Crippen molar-refractivity contribution < 1.29 is 21.3 Å². The van der Waals surface area contributed by atoms with E-state index in [0.29, 0.717) is 35.2 Å². The summed E-state index contributed by atoms with van der Waals surface area (Å²) in [6, 6.07) is 11.5. The third-order valence-corrected chi connectivity index (χ3v) is 9.94. The van der Waals surface area contributed by atoms with Gasteiger partial charge in [-0.2, -0.15) is 4.31 Å². The molecule has 4 rings (SSSR count). The van der Waals surface area contributed by atoms with E-state index < -0.39 is 20.0 Å². The zero-order valence-electron chi connectivity index (χ0n) is 17.9. The molecule has 0 aliphatic carbocycles. The molecule has 2 heterocycles. The Hall–Kier alpha value is -1.92. The van der Waals surface area contributed by atoms with Crippen LogP contribution in [0, 0.1) is 0 Å². The fraction of sp³-hybridized carbons (Fsp3) is 0.381. The Balaban J connectivity index is 1.52. The second kappa shape index (κ2) is 9.14. The second-order valence-electron chi connectivity index (χ2n) is 7.80. The average Bonchev–Trinajstić information content (AvgIpc) is 3.20. The predicted octanol–water partition coefficient (Wildman–Crippen LogP) is 3.55. The number of oxazole rings is 1. The van der Waals surface area contributed by atoms with Gasteiger partial charge in [0.15, 0.2) is 5.58 Å². The maximum absolute atomic E-state index is 12.9. The summed E-state index contributed by atoms with van der Waals surface area (Å²) in [5, 5.41) is 0.397. The minimum absolute atomic E-state index is 0.221. The lowest BCUT2D eigenvalue weighted by molar-refractivity contribution is 0.346. The van der Waals surface area contributed by atoms with Gasteiger partial charge in [-0.25, -0.2) is 26.1 Å². The summed E-state index contributed by atoms with van der Waals surface area (Å²) in [6.45, 7) is 1.09. The molecule has 0 N–H and O–H groups in total. The van der Waals surface area contributed by atoms with Crippen molar-refractivity contribution in [3.05, 3.63) is 48.0 Å². The van der Waals surface area contributed by atoms with Crippen LogP contribution in [0.1, 0.15) is 24.8 Å². The average molecular weight is 496 g/mol. The highest BCUT2D eigenvalue weighted by molar-refractivity contribution is 7.98. The van der Waals surface area contributed by atoms with Gasteiger partial charge >= 0.3 is 0 Å². The van der Waals surface area contributed by atoms with Crippen molar-refractivity contribution in [3.63, 3.8) is 0 Å². The molecule has 8 nitrogen and oxygen atoms in total. The number of hydrogen-bond acceptors (Lipinski definition) is 7. The smallest absolute Gasteiger partial charge is 0.257 e. The summed E-state index contributed by atoms with van der Waals surface area (Å²) >= 11 is 1.32. The van der Waals surface area contributed by atoms with Gasteiger partial charge in [0.1, 0.15) is 5.52 Å². The molecule has 0 bridgehead atoms. The summed E-state index contributed by atoms with van der Waals surface area (Å²) in [5.41, 5.74) is 1.80. The van der Waals surface area contributed by atoms with Gasteiger partial charge in [-0.05, 0) is 48.7 Å². The predicted molar refractivity (Wildman–Crippen MR) is 123 cm³/mol. The van der Waals surface area contributed by atoms with E-state index in [1.807, 2.05) is 6.07 Å². The van der Waals surface area contributed by atoms with Gasteiger partial charge in [-0.15, -0.1) is 0 Å². The highest BCUT2D eigenvalue weighted by atomic mass is 32.2. The molecular formula is C21H25N3O5S3. The van der Waals surface area contributed by atoms with Crippen molar-refractivity contribution in [2.45, 2.75) is 40.0 Å². The van der Waals surface area contributed by atoms with Gasteiger partial charge in [0.05, 0.1) is 9.79 Å². The molecule has 1 aliphatic rings. The van der Waals surface area contributed by atoms with Crippen molar-refractivity contribution in [3.8, 4) is 0 Å². The highest BCUT2D eigenvalue weighted by Gasteiger charge is 2.26. The number of fused-ring (bicyclic) bond motifs is 1. The van der Waals surface area contributed by atoms with Crippen molar-refractivity contribution in [2.75, 3.05) is 27.2 Å². The van der Waals surface area contributed by atoms with E-state index in [2.05, 4.69) is 4.98 Å². The Kier molecular flexibility index (Phi) is 6.64. The number of benzene rings is 2. The molecule has 11 heteroatoms. The summed E-state index contributed by atoms with van der Waals surface area (Å²) in [6.07, 6.45) is 2.81. The Morgan fingerprint density at radius 3 is 2.47 bits per heavy atom. The maximum Gasteiger partial charge on any atom is 0.257 e. The monoisotopic (exact) mass is 495 g/mol. The second-order valence-corrected chi connectivity index (χ2v) is 12.8. The first-order chi connectivity index (χ1) is 15.2. The van der Waals surface area contributed by atoms with Crippen molar-refractivity contribution in [1.29, 1.82) is 0 Å². The molecular weight excluding hydrogens is 470 g/mol. The van der Waals surface area contributed by atoms with E-state index in [9.17, 15) is 16.8 Å². The van der Waals surface area contributed by atoms with Crippen LogP contribution in [0.3, 0.4) is 0 Å². The SMILES string of the molecule is CN(C)S(=O)(=O)c1cccc(CSc2nc3cc(S(=O)(=O)N4CCCCC4)ccc3o2)c1.